The van der Waals surface area contributed by atoms with Gasteiger partial charge in [-0.05, 0) is 12.3 Å². The summed E-state index contributed by atoms with van der Waals surface area (Å²) in [4.78, 5) is 15.6. The first-order valence-corrected chi connectivity index (χ1v) is 4.55. The molecule has 0 saturated heterocycles. The van der Waals surface area contributed by atoms with Crippen LogP contribution in [-0.2, 0) is 9.63 Å². The molecule has 72 valence electrons. The number of carbonyl (C=O) groups is 1. The normalized spacial score (nSPS) is 13.3. The molecule has 0 fully saturated rings. The molecule has 0 aliphatic heterocycles. The molecule has 12 heavy (non-hydrogen) atoms. The van der Waals surface area contributed by atoms with Gasteiger partial charge in [-0.1, -0.05) is 27.2 Å². The Morgan fingerprint density at radius 2 is 2.17 bits per heavy atom. The lowest BCUT2D eigenvalue weighted by molar-refractivity contribution is -0.115. The summed E-state index contributed by atoms with van der Waals surface area (Å²) in [5.41, 5.74) is 2.74. The zero-order valence-corrected chi connectivity index (χ0v) is 8.17. The number of hydrogen-bond donors (Lipinski definition) is 1. The van der Waals surface area contributed by atoms with Gasteiger partial charge >= 0.3 is 0 Å². The first-order valence-electron chi connectivity index (χ1n) is 4.55. The van der Waals surface area contributed by atoms with Crippen molar-refractivity contribution in [2.24, 2.45) is 5.92 Å². The van der Waals surface area contributed by atoms with Crippen LogP contribution in [0.2, 0.25) is 0 Å². The van der Waals surface area contributed by atoms with Gasteiger partial charge in [0.25, 0.3) is 0 Å². The molecular formula is C9H19NO2. The SMILES string of the molecule is CCCCON[C@H](C=O)C(C)C. The Kier molecular flexibility index (Phi) is 7.00. The van der Waals surface area contributed by atoms with Gasteiger partial charge in [-0.15, -0.1) is 0 Å². The van der Waals surface area contributed by atoms with Crippen LogP contribution in [0.3, 0.4) is 0 Å². The lowest BCUT2D eigenvalue weighted by Gasteiger charge is -2.15. The number of hydrogen-bond acceptors (Lipinski definition) is 3. The maximum Gasteiger partial charge on any atom is 0.139 e. The highest BCUT2D eigenvalue weighted by Crippen LogP contribution is 1.98. The second-order valence-electron chi connectivity index (χ2n) is 3.23. The summed E-state index contributed by atoms with van der Waals surface area (Å²) in [5.74, 6) is 0.282. The fraction of sp³-hybridized carbons (Fsp3) is 0.889. The van der Waals surface area contributed by atoms with E-state index < -0.39 is 0 Å². The number of rotatable bonds is 7. The second-order valence-corrected chi connectivity index (χ2v) is 3.23. The van der Waals surface area contributed by atoms with Crippen molar-refractivity contribution in [3.63, 3.8) is 0 Å². The van der Waals surface area contributed by atoms with Gasteiger partial charge < -0.3 is 9.63 Å². The number of hydroxylamine groups is 1. The molecule has 0 aromatic rings. The molecule has 0 aliphatic carbocycles. The Bertz CT molecular complexity index is 115. The fourth-order valence-corrected chi connectivity index (χ4v) is 0.693. The summed E-state index contributed by atoms with van der Waals surface area (Å²) in [6.07, 6.45) is 3.02. The van der Waals surface area contributed by atoms with Crippen LogP contribution < -0.4 is 5.48 Å². The molecule has 0 saturated carbocycles. The molecule has 0 aromatic carbocycles. The van der Waals surface area contributed by atoms with E-state index in [4.69, 9.17) is 4.84 Å². The third kappa shape index (κ3) is 5.27. The summed E-state index contributed by atoms with van der Waals surface area (Å²) in [7, 11) is 0. The zero-order valence-electron chi connectivity index (χ0n) is 8.17. The van der Waals surface area contributed by atoms with Crippen molar-refractivity contribution >= 4 is 6.29 Å². The molecule has 1 atom stereocenters. The molecular weight excluding hydrogens is 154 g/mol. The van der Waals surface area contributed by atoms with Crippen LogP contribution in [0.25, 0.3) is 0 Å². The maximum atomic E-state index is 10.5. The molecule has 1 N–H and O–H groups in total. The predicted molar refractivity (Wildman–Crippen MR) is 48.7 cm³/mol. The Morgan fingerprint density at radius 3 is 2.58 bits per heavy atom. The van der Waals surface area contributed by atoms with Crippen molar-refractivity contribution in [3.05, 3.63) is 0 Å². The van der Waals surface area contributed by atoms with Gasteiger partial charge in [0.05, 0.1) is 12.6 Å². The van der Waals surface area contributed by atoms with E-state index >= 15 is 0 Å². The summed E-state index contributed by atoms with van der Waals surface area (Å²) in [5, 5.41) is 0. The molecule has 0 amide bonds. The Balaban J connectivity index is 3.38. The monoisotopic (exact) mass is 173 g/mol. The molecule has 0 rings (SSSR count). The van der Waals surface area contributed by atoms with E-state index in [0.717, 1.165) is 19.1 Å². The molecule has 0 aliphatic rings. The topological polar surface area (TPSA) is 38.3 Å². The number of unbranched alkanes of at least 4 members (excludes halogenated alkanes) is 1. The smallest absolute Gasteiger partial charge is 0.139 e. The molecule has 3 heteroatoms. The molecule has 0 heterocycles. The van der Waals surface area contributed by atoms with Gasteiger partial charge in [0, 0.05) is 0 Å². The summed E-state index contributed by atoms with van der Waals surface area (Å²) < 4.78 is 0. The highest BCUT2D eigenvalue weighted by molar-refractivity contribution is 5.57. The van der Waals surface area contributed by atoms with Crippen LogP contribution in [-0.4, -0.2) is 18.9 Å². The number of nitrogens with one attached hydrogen (secondary N) is 1. The third-order valence-corrected chi connectivity index (χ3v) is 1.68. The Labute approximate surface area is 74.4 Å². The van der Waals surface area contributed by atoms with Gasteiger partial charge in [-0.3, -0.25) is 0 Å². The van der Waals surface area contributed by atoms with Crippen LogP contribution in [0.4, 0.5) is 0 Å². The van der Waals surface area contributed by atoms with Gasteiger partial charge in [0.15, 0.2) is 0 Å². The van der Waals surface area contributed by atoms with E-state index in [1.165, 1.54) is 0 Å². The van der Waals surface area contributed by atoms with E-state index in [0.29, 0.717) is 6.61 Å². The molecule has 0 aromatic heterocycles. The molecule has 0 unspecified atom stereocenters. The lowest BCUT2D eigenvalue weighted by atomic mass is 10.1. The fourth-order valence-electron chi connectivity index (χ4n) is 0.693. The van der Waals surface area contributed by atoms with Crippen LogP contribution in [0.15, 0.2) is 0 Å². The second kappa shape index (κ2) is 7.25. The van der Waals surface area contributed by atoms with Gasteiger partial charge in [-0.25, -0.2) is 0 Å². The van der Waals surface area contributed by atoms with Crippen molar-refractivity contribution < 1.29 is 9.63 Å². The van der Waals surface area contributed by atoms with Crippen molar-refractivity contribution in [1.29, 1.82) is 0 Å². The van der Waals surface area contributed by atoms with Crippen LogP contribution in [0, 0.1) is 5.92 Å². The Hall–Kier alpha value is -0.410. The van der Waals surface area contributed by atoms with Gasteiger partial charge in [0.2, 0.25) is 0 Å². The minimum absolute atomic E-state index is 0.179. The predicted octanol–water partition coefficient (Wildman–Crippen LogP) is 1.53. The van der Waals surface area contributed by atoms with Gasteiger partial charge in [0.1, 0.15) is 6.29 Å². The Morgan fingerprint density at radius 1 is 1.50 bits per heavy atom. The van der Waals surface area contributed by atoms with E-state index in [2.05, 4.69) is 12.4 Å². The highest BCUT2D eigenvalue weighted by Gasteiger charge is 2.10. The van der Waals surface area contributed by atoms with E-state index in [1.54, 1.807) is 0 Å². The van der Waals surface area contributed by atoms with E-state index in [1.807, 2.05) is 13.8 Å². The molecule has 0 bridgehead atoms. The van der Waals surface area contributed by atoms with Crippen molar-refractivity contribution in [2.75, 3.05) is 6.61 Å². The van der Waals surface area contributed by atoms with E-state index in [-0.39, 0.29) is 12.0 Å². The summed E-state index contributed by atoms with van der Waals surface area (Å²) in [6.45, 7) is 6.74. The largest absolute Gasteiger partial charge is 0.302 e. The standard InChI is InChI=1S/C9H19NO2/c1-4-5-6-12-10-9(7-11)8(2)3/h7-10H,4-6H2,1-3H3/t9-/m1/s1. The van der Waals surface area contributed by atoms with Crippen LogP contribution in [0.1, 0.15) is 33.6 Å². The first kappa shape index (κ1) is 11.6. The molecule has 0 spiro atoms. The molecule has 3 nitrogen and oxygen atoms in total. The van der Waals surface area contributed by atoms with Crippen LogP contribution in [0.5, 0.6) is 0 Å². The average Bonchev–Trinajstić information content (AvgIpc) is 2.04. The lowest BCUT2D eigenvalue weighted by Crippen LogP contribution is -2.35. The third-order valence-electron chi connectivity index (χ3n) is 1.68. The minimum atomic E-state index is -0.179. The number of aldehydes is 1. The van der Waals surface area contributed by atoms with Crippen molar-refractivity contribution in [3.8, 4) is 0 Å². The first-order chi connectivity index (χ1) is 5.72. The van der Waals surface area contributed by atoms with Gasteiger partial charge in [-0.2, -0.15) is 5.48 Å². The highest BCUT2D eigenvalue weighted by atomic mass is 16.6. The van der Waals surface area contributed by atoms with Crippen molar-refractivity contribution in [2.45, 2.75) is 39.7 Å². The minimum Gasteiger partial charge on any atom is -0.302 e. The van der Waals surface area contributed by atoms with E-state index in [9.17, 15) is 4.79 Å². The zero-order chi connectivity index (χ0) is 9.40. The van der Waals surface area contributed by atoms with Crippen molar-refractivity contribution in [1.82, 2.24) is 5.48 Å². The summed E-state index contributed by atoms with van der Waals surface area (Å²) in [6, 6.07) is -0.179. The number of carbonyl (C=O) groups excluding carboxylic acids is 1. The average molecular weight is 173 g/mol. The molecule has 0 radical (unpaired) electrons. The van der Waals surface area contributed by atoms with Crippen LogP contribution >= 0.6 is 0 Å². The summed E-state index contributed by atoms with van der Waals surface area (Å²) >= 11 is 0. The quantitative estimate of drug-likeness (QED) is 0.360. The maximum absolute atomic E-state index is 10.5.